The van der Waals surface area contributed by atoms with Crippen molar-refractivity contribution in [2.75, 3.05) is 0 Å². The molecule has 0 aromatic carbocycles. The molecule has 3 amide bonds. The number of nitrogens with one attached hydrogen (secondary N) is 1. The highest BCUT2D eigenvalue weighted by Crippen LogP contribution is 2.36. The molecule has 1 aliphatic heterocycles. The average Bonchev–Trinajstić information content (AvgIpc) is 3.35. The van der Waals surface area contributed by atoms with Crippen LogP contribution in [0.2, 0.25) is 0 Å². The number of carbonyl (C=O) groups is 2. The van der Waals surface area contributed by atoms with E-state index in [4.69, 9.17) is 0 Å². The molecule has 1 unspecified atom stereocenters. The van der Waals surface area contributed by atoms with Crippen molar-refractivity contribution in [2.24, 2.45) is 20.0 Å². The maximum atomic E-state index is 13.6. The SMILES string of the molecule is Cc1cc(C[N+]2=C3C=CC(S(=O)(=O)NC4(C#N)CC4)=CC3C(=O)N(Cc3cnn(C)c3)C2=O)n(C)n1. The molecule has 1 fully saturated rings. The van der Waals surface area contributed by atoms with Crippen LogP contribution in [-0.2, 0) is 42.0 Å². The quantitative estimate of drug-likeness (QED) is 0.539. The van der Waals surface area contributed by atoms with Gasteiger partial charge in [-0.1, -0.05) is 0 Å². The molecular formula is C23H25N8O4S+. The third kappa shape index (κ3) is 4.18. The van der Waals surface area contributed by atoms with Crippen LogP contribution in [0.4, 0.5) is 4.79 Å². The van der Waals surface area contributed by atoms with Crippen LogP contribution in [0, 0.1) is 24.2 Å². The molecule has 0 saturated heterocycles. The summed E-state index contributed by atoms with van der Waals surface area (Å²) >= 11 is 0. The highest BCUT2D eigenvalue weighted by atomic mass is 32.2. The molecule has 2 aromatic heterocycles. The van der Waals surface area contributed by atoms with Gasteiger partial charge in [0.15, 0.2) is 0 Å². The molecule has 12 nitrogen and oxygen atoms in total. The Hall–Kier alpha value is -3.89. The molecule has 36 heavy (non-hydrogen) atoms. The Morgan fingerprint density at radius 3 is 2.61 bits per heavy atom. The zero-order chi connectivity index (χ0) is 25.8. The summed E-state index contributed by atoms with van der Waals surface area (Å²) in [6.07, 6.45) is 8.35. The van der Waals surface area contributed by atoms with Gasteiger partial charge in [-0.2, -0.15) is 34.5 Å². The van der Waals surface area contributed by atoms with Crippen molar-refractivity contribution >= 4 is 27.7 Å². The number of nitrogens with zero attached hydrogens (tertiary/aromatic N) is 7. The van der Waals surface area contributed by atoms with E-state index >= 15 is 0 Å². The topological polar surface area (TPSA) is 146 Å². The summed E-state index contributed by atoms with van der Waals surface area (Å²) in [5.74, 6) is -1.53. The Balaban J connectivity index is 1.55. The third-order valence-corrected chi connectivity index (χ3v) is 8.05. The number of urea groups is 1. The van der Waals surface area contributed by atoms with Gasteiger partial charge in [0.25, 0.3) is 0 Å². The normalized spacial score (nSPS) is 20.9. The van der Waals surface area contributed by atoms with Crippen LogP contribution >= 0.6 is 0 Å². The lowest BCUT2D eigenvalue weighted by Crippen LogP contribution is -2.54. The van der Waals surface area contributed by atoms with E-state index in [0.717, 1.165) is 16.3 Å². The fourth-order valence-corrected chi connectivity index (χ4v) is 5.87. The zero-order valence-corrected chi connectivity index (χ0v) is 20.9. The van der Waals surface area contributed by atoms with Crippen molar-refractivity contribution in [2.45, 2.75) is 38.4 Å². The van der Waals surface area contributed by atoms with Gasteiger partial charge in [-0.3, -0.25) is 9.36 Å². The lowest BCUT2D eigenvalue weighted by molar-refractivity contribution is -0.457. The number of carbonyl (C=O) groups excluding carboxylic acids is 2. The van der Waals surface area contributed by atoms with Gasteiger partial charge in [0.1, 0.15) is 30.3 Å². The summed E-state index contributed by atoms with van der Waals surface area (Å²) in [7, 11) is -0.538. The van der Waals surface area contributed by atoms with Crippen molar-refractivity contribution in [1.82, 2.24) is 29.2 Å². The largest absolute Gasteiger partial charge is 0.501 e. The minimum Gasteiger partial charge on any atom is -0.275 e. The Morgan fingerprint density at radius 1 is 1.28 bits per heavy atom. The van der Waals surface area contributed by atoms with Crippen molar-refractivity contribution in [3.05, 3.63) is 58.5 Å². The average molecular weight is 510 g/mol. The number of imide groups is 1. The van der Waals surface area contributed by atoms with Gasteiger partial charge >= 0.3 is 11.9 Å². The number of aryl methyl sites for hydroxylation is 3. The number of hydrogen-bond donors (Lipinski definition) is 1. The monoisotopic (exact) mass is 509 g/mol. The molecule has 0 bridgehead atoms. The van der Waals surface area contributed by atoms with Crippen LogP contribution in [0.5, 0.6) is 0 Å². The second-order valence-corrected chi connectivity index (χ2v) is 11.0. The molecule has 0 radical (unpaired) electrons. The summed E-state index contributed by atoms with van der Waals surface area (Å²) < 4.78 is 33.2. The molecule has 3 aliphatic rings. The van der Waals surface area contributed by atoms with Crippen LogP contribution in [-0.4, -0.2) is 60.6 Å². The maximum Gasteiger partial charge on any atom is 0.501 e. The van der Waals surface area contributed by atoms with E-state index in [2.05, 4.69) is 14.9 Å². The number of sulfonamides is 1. The number of aromatic nitrogens is 4. The summed E-state index contributed by atoms with van der Waals surface area (Å²) in [5.41, 5.74) is 1.48. The van der Waals surface area contributed by atoms with Crippen molar-refractivity contribution in [3.8, 4) is 6.07 Å². The van der Waals surface area contributed by atoms with E-state index in [1.807, 2.05) is 19.1 Å². The van der Waals surface area contributed by atoms with Gasteiger partial charge in [-0.05, 0) is 44.1 Å². The minimum atomic E-state index is -4.04. The summed E-state index contributed by atoms with van der Waals surface area (Å²) in [6.45, 7) is 1.98. The fraction of sp³-hybridized carbons (Fsp3) is 0.391. The first-order chi connectivity index (χ1) is 17.0. The third-order valence-electron chi connectivity index (χ3n) is 6.50. The second-order valence-electron chi connectivity index (χ2n) is 9.32. The van der Waals surface area contributed by atoms with Gasteiger partial charge in [-0.15, -0.1) is 0 Å². The van der Waals surface area contributed by atoms with E-state index in [1.165, 1.54) is 22.8 Å². The number of amides is 3. The molecule has 13 heteroatoms. The minimum absolute atomic E-state index is 0.00830. The predicted molar refractivity (Wildman–Crippen MR) is 126 cm³/mol. The lowest BCUT2D eigenvalue weighted by atomic mass is 9.94. The molecule has 2 aliphatic carbocycles. The summed E-state index contributed by atoms with van der Waals surface area (Å²) in [6, 6.07) is 3.34. The highest BCUT2D eigenvalue weighted by molar-refractivity contribution is 7.93. The Kier molecular flexibility index (Phi) is 5.53. The second kappa shape index (κ2) is 8.35. The van der Waals surface area contributed by atoms with Gasteiger partial charge in [0, 0.05) is 25.9 Å². The molecule has 5 rings (SSSR count). The molecule has 2 aromatic rings. The molecule has 186 valence electrons. The first-order valence-corrected chi connectivity index (χ1v) is 12.8. The van der Waals surface area contributed by atoms with Crippen molar-refractivity contribution in [1.29, 1.82) is 5.26 Å². The number of allylic oxidation sites excluding steroid dienone is 2. The molecular weight excluding hydrogens is 484 g/mol. The lowest BCUT2D eigenvalue weighted by Gasteiger charge is -2.27. The molecule has 0 spiro atoms. The van der Waals surface area contributed by atoms with Crippen LogP contribution in [0.3, 0.4) is 0 Å². The Bertz CT molecular complexity index is 1530. The van der Waals surface area contributed by atoms with Crippen molar-refractivity contribution < 1.29 is 22.6 Å². The van der Waals surface area contributed by atoms with Crippen LogP contribution in [0.1, 0.15) is 29.8 Å². The van der Waals surface area contributed by atoms with Gasteiger partial charge in [0.2, 0.25) is 10.0 Å². The van der Waals surface area contributed by atoms with Gasteiger partial charge in [0.05, 0.1) is 28.6 Å². The summed E-state index contributed by atoms with van der Waals surface area (Å²) in [5, 5.41) is 17.8. The standard InChI is InChI=1S/C23H25N8O4S/c1-15-8-17(29(3)26-15)13-30-20-5-4-18(36(34,35)27-23(14-24)6-7-23)9-19(20)21(32)31(22(30)33)12-16-10-25-28(2)11-16/h4-5,8-11,19,27H,6-7,12-13H2,1-3H3/q+1. The molecule has 3 heterocycles. The predicted octanol–water partition coefficient (Wildman–Crippen LogP) is 0.623. The zero-order valence-electron chi connectivity index (χ0n) is 20.0. The first kappa shape index (κ1) is 23.8. The van der Waals surface area contributed by atoms with E-state index in [0.29, 0.717) is 24.1 Å². The van der Waals surface area contributed by atoms with Gasteiger partial charge in [-0.25, -0.2) is 13.2 Å². The Labute approximate surface area is 207 Å². The van der Waals surface area contributed by atoms with E-state index in [1.54, 1.807) is 35.9 Å². The highest BCUT2D eigenvalue weighted by Gasteiger charge is 2.50. The smallest absolute Gasteiger partial charge is 0.275 e. The number of hydrogen-bond acceptors (Lipinski definition) is 7. The maximum absolute atomic E-state index is 13.6. The van der Waals surface area contributed by atoms with Crippen LogP contribution < -0.4 is 4.72 Å². The van der Waals surface area contributed by atoms with E-state index < -0.39 is 33.4 Å². The number of fused-ring (bicyclic) bond motifs is 1. The number of nitriles is 1. The first-order valence-electron chi connectivity index (χ1n) is 11.3. The van der Waals surface area contributed by atoms with E-state index in [9.17, 15) is 23.3 Å². The van der Waals surface area contributed by atoms with Gasteiger partial charge < -0.3 is 0 Å². The Morgan fingerprint density at radius 2 is 2.03 bits per heavy atom. The van der Waals surface area contributed by atoms with E-state index in [-0.39, 0.29) is 18.0 Å². The summed E-state index contributed by atoms with van der Waals surface area (Å²) in [4.78, 5) is 28.1. The van der Waals surface area contributed by atoms with Crippen LogP contribution in [0.15, 0.2) is 41.6 Å². The van der Waals surface area contributed by atoms with Crippen LogP contribution in [0.25, 0.3) is 0 Å². The fourth-order valence-electron chi connectivity index (χ4n) is 4.42. The number of rotatable bonds is 7. The molecule has 1 saturated carbocycles. The molecule has 1 atom stereocenters. The molecule has 1 N–H and O–H groups in total. The van der Waals surface area contributed by atoms with Crippen molar-refractivity contribution in [3.63, 3.8) is 0 Å².